The number of hydrogen-bond donors (Lipinski definition) is 1. The first-order valence-electron chi connectivity index (χ1n) is 11.5. The maximum Gasteiger partial charge on any atom is 0.415 e. The van der Waals surface area contributed by atoms with Crippen LogP contribution in [-0.2, 0) is 16.6 Å². The van der Waals surface area contributed by atoms with Gasteiger partial charge in [-0.15, -0.1) is 0 Å². The van der Waals surface area contributed by atoms with E-state index in [-0.39, 0.29) is 12.0 Å². The Hall–Kier alpha value is -3.10. The van der Waals surface area contributed by atoms with Crippen LogP contribution >= 0.6 is 11.6 Å². The van der Waals surface area contributed by atoms with Gasteiger partial charge in [0.15, 0.2) is 0 Å². The Balaban J connectivity index is 1.19. The van der Waals surface area contributed by atoms with Gasteiger partial charge in [-0.1, -0.05) is 11.6 Å². The number of rotatable bonds is 4. The topological polar surface area (TPSA) is 79.7 Å². The van der Waals surface area contributed by atoms with Crippen molar-refractivity contribution in [1.29, 1.82) is 0 Å². The number of anilines is 2. The Morgan fingerprint density at radius 1 is 1.18 bits per heavy atom. The highest BCUT2D eigenvalue weighted by Gasteiger charge is 2.46. The lowest BCUT2D eigenvalue weighted by Gasteiger charge is -2.25. The summed E-state index contributed by atoms with van der Waals surface area (Å²) in [6, 6.07) is 13.0. The van der Waals surface area contributed by atoms with Crippen LogP contribution in [0.5, 0.6) is 0 Å². The van der Waals surface area contributed by atoms with E-state index in [1.54, 1.807) is 17.0 Å². The summed E-state index contributed by atoms with van der Waals surface area (Å²) < 4.78 is 7.91. The van der Waals surface area contributed by atoms with Gasteiger partial charge in [0.25, 0.3) is 0 Å². The second kappa shape index (κ2) is 8.92. The molecule has 5 rings (SSSR count). The first-order chi connectivity index (χ1) is 16.3. The summed E-state index contributed by atoms with van der Waals surface area (Å²) >= 11 is 5.98. The monoisotopic (exact) mass is 481 g/mol. The van der Waals surface area contributed by atoms with E-state index in [2.05, 4.69) is 15.2 Å². The molecule has 1 aromatic heterocycles. The number of likely N-dealkylation sites (tertiary alicyclic amines) is 1. The number of benzene rings is 2. The molecule has 1 atom stereocenters. The van der Waals surface area contributed by atoms with E-state index in [1.165, 1.54) is 0 Å². The van der Waals surface area contributed by atoms with Gasteiger partial charge in [-0.2, -0.15) is 0 Å². The minimum Gasteiger partial charge on any atom is -0.441 e. The Morgan fingerprint density at radius 2 is 1.97 bits per heavy atom. The maximum atomic E-state index is 12.7. The smallest absolute Gasteiger partial charge is 0.415 e. The molecule has 9 heteroatoms. The molecular weight excluding hydrogens is 454 g/mol. The minimum atomic E-state index is -0.524. The molecule has 2 aliphatic heterocycles. The molecule has 0 aliphatic carbocycles. The van der Waals surface area contributed by atoms with E-state index in [1.807, 2.05) is 48.9 Å². The summed E-state index contributed by atoms with van der Waals surface area (Å²) in [5, 5.41) is 3.63. The third-order valence-corrected chi connectivity index (χ3v) is 7.11. The zero-order valence-corrected chi connectivity index (χ0v) is 20.1. The molecular formula is C25H28ClN5O3. The lowest BCUT2D eigenvalue weighted by molar-refractivity contribution is -0.117. The van der Waals surface area contributed by atoms with Crippen molar-refractivity contribution in [3.05, 3.63) is 53.3 Å². The third kappa shape index (κ3) is 4.48. The molecule has 3 aromatic rings. The molecule has 2 aliphatic rings. The van der Waals surface area contributed by atoms with E-state index in [0.29, 0.717) is 31.1 Å². The maximum absolute atomic E-state index is 12.7. The number of amides is 2. The Bertz CT molecular complexity index is 1240. The molecule has 0 bridgehead atoms. The van der Waals surface area contributed by atoms with Crippen molar-refractivity contribution in [2.75, 3.05) is 36.4 Å². The molecule has 2 aromatic carbocycles. The first kappa shape index (κ1) is 22.7. The van der Waals surface area contributed by atoms with Gasteiger partial charge in [0.2, 0.25) is 5.91 Å². The van der Waals surface area contributed by atoms with E-state index < -0.39 is 5.60 Å². The number of nitrogens with one attached hydrogen (secondary N) is 1. The fourth-order valence-corrected chi connectivity index (χ4v) is 5.01. The average Bonchev–Trinajstić information content (AvgIpc) is 3.19. The number of carbonyl (C=O) groups excluding carboxylic acids is 2. The van der Waals surface area contributed by atoms with Crippen LogP contribution in [-0.4, -0.2) is 58.2 Å². The van der Waals surface area contributed by atoms with Gasteiger partial charge in [0.05, 0.1) is 24.1 Å². The van der Waals surface area contributed by atoms with Crippen LogP contribution < -0.4 is 10.2 Å². The molecule has 2 fully saturated rings. The number of nitrogens with zero attached hydrogens (tertiary/aromatic N) is 4. The van der Waals surface area contributed by atoms with Crippen LogP contribution in [0.25, 0.3) is 11.0 Å². The van der Waals surface area contributed by atoms with Gasteiger partial charge in [-0.25, -0.2) is 9.78 Å². The van der Waals surface area contributed by atoms with Gasteiger partial charge >= 0.3 is 6.09 Å². The molecule has 3 heterocycles. The zero-order chi connectivity index (χ0) is 23.9. The van der Waals surface area contributed by atoms with Crippen LogP contribution in [0.15, 0.2) is 42.5 Å². The second-order valence-corrected chi connectivity index (χ2v) is 9.65. The largest absolute Gasteiger partial charge is 0.441 e. The molecule has 0 unspecified atom stereocenters. The Morgan fingerprint density at radius 3 is 2.76 bits per heavy atom. The lowest BCUT2D eigenvalue weighted by Crippen LogP contribution is -2.37. The number of carbonyl (C=O) groups is 2. The summed E-state index contributed by atoms with van der Waals surface area (Å²) in [6.07, 6.45) is 1.99. The number of halogens is 1. The van der Waals surface area contributed by atoms with Crippen LogP contribution in [0.4, 0.5) is 16.2 Å². The Labute approximate surface area is 203 Å². The van der Waals surface area contributed by atoms with Crippen molar-refractivity contribution in [1.82, 2.24) is 14.5 Å². The zero-order valence-electron chi connectivity index (χ0n) is 19.4. The fraction of sp³-hybridized carbons (Fsp3) is 0.400. The van der Waals surface area contributed by atoms with Gasteiger partial charge in [-0.3, -0.25) is 14.6 Å². The van der Waals surface area contributed by atoms with Crippen LogP contribution in [0.3, 0.4) is 0 Å². The normalized spacial score (nSPS) is 21.1. The minimum absolute atomic E-state index is 0.0610. The predicted octanol–water partition coefficient (Wildman–Crippen LogP) is 4.36. The Kier molecular flexibility index (Phi) is 5.95. The predicted molar refractivity (Wildman–Crippen MR) is 132 cm³/mol. The second-order valence-electron chi connectivity index (χ2n) is 9.21. The van der Waals surface area contributed by atoms with Crippen molar-refractivity contribution in [2.24, 2.45) is 7.05 Å². The molecule has 2 saturated heterocycles. The summed E-state index contributed by atoms with van der Waals surface area (Å²) in [5.41, 5.74) is 2.90. The number of imidazole rings is 1. The average molecular weight is 482 g/mol. The van der Waals surface area contributed by atoms with Gasteiger partial charge in [-0.05, 0) is 68.8 Å². The van der Waals surface area contributed by atoms with E-state index in [9.17, 15) is 9.59 Å². The number of aromatic nitrogens is 2. The molecule has 1 N–H and O–H groups in total. The van der Waals surface area contributed by atoms with Crippen molar-refractivity contribution in [3.63, 3.8) is 0 Å². The van der Waals surface area contributed by atoms with Crippen molar-refractivity contribution >= 4 is 46.0 Å². The molecule has 1 spiro atoms. The highest BCUT2D eigenvalue weighted by Crippen LogP contribution is 2.36. The molecule has 0 saturated carbocycles. The third-order valence-electron chi connectivity index (χ3n) is 6.85. The lowest BCUT2D eigenvalue weighted by atomic mass is 9.95. The SMILES string of the molecule is Cc1nc2cc(NC(=O)CN3CCC[C@]4(CC3)CN(c3ccc(Cl)cc3)C(=O)O4)ccc2n1C. The molecule has 2 amide bonds. The summed E-state index contributed by atoms with van der Waals surface area (Å²) in [5.74, 6) is 0.869. The first-order valence-corrected chi connectivity index (χ1v) is 11.9. The van der Waals surface area contributed by atoms with Crippen molar-refractivity contribution in [3.8, 4) is 0 Å². The fourth-order valence-electron chi connectivity index (χ4n) is 4.89. The van der Waals surface area contributed by atoms with Gasteiger partial charge in [0.1, 0.15) is 11.4 Å². The highest BCUT2D eigenvalue weighted by molar-refractivity contribution is 6.30. The van der Waals surface area contributed by atoms with Crippen LogP contribution in [0.2, 0.25) is 5.02 Å². The molecule has 34 heavy (non-hydrogen) atoms. The van der Waals surface area contributed by atoms with E-state index in [4.69, 9.17) is 16.3 Å². The quantitative estimate of drug-likeness (QED) is 0.599. The molecule has 0 radical (unpaired) electrons. The summed E-state index contributed by atoms with van der Waals surface area (Å²) in [6.45, 7) is 4.24. The van der Waals surface area contributed by atoms with Gasteiger partial charge in [0, 0.05) is 36.4 Å². The number of hydrogen-bond acceptors (Lipinski definition) is 5. The number of ether oxygens (including phenoxy) is 1. The molecule has 178 valence electrons. The number of fused-ring (bicyclic) bond motifs is 1. The van der Waals surface area contributed by atoms with Crippen molar-refractivity contribution in [2.45, 2.75) is 31.8 Å². The van der Waals surface area contributed by atoms with Crippen LogP contribution in [0, 0.1) is 6.92 Å². The van der Waals surface area contributed by atoms with E-state index in [0.717, 1.165) is 47.6 Å². The molecule has 8 nitrogen and oxygen atoms in total. The highest BCUT2D eigenvalue weighted by atomic mass is 35.5. The number of aryl methyl sites for hydroxylation is 2. The summed E-state index contributed by atoms with van der Waals surface area (Å²) in [4.78, 5) is 33.7. The summed E-state index contributed by atoms with van der Waals surface area (Å²) in [7, 11) is 1.98. The van der Waals surface area contributed by atoms with Crippen LogP contribution in [0.1, 0.15) is 25.1 Å². The standard InChI is InChI=1S/C25H28ClN5O3/c1-17-27-21-14-19(6-9-22(21)29(17)2)28-23(32)15-30-12-3-10-25(11-13-30)16-31(24(33)34-25)20-7-4-18(26)5-8-20/h4-9,14H,3,10-13,15-16H2,1-2H3,(H,28,32)/t25-/m0/s1. The van der Waals surface area contributed by atoms with E-state index >= 15 is 0 Å². The van der Waals surface area contributed by atoms with Crippen molar-refractivity contribution < 1.29 is 14.3 Å². The van der Waals surface area contributed by atoms with Gasteiger partial charge < -0.3 is 14.6 Å².